The molecule has 0 saturated carbocycles. The van der Waals surface area contributed by atoms with E-state index in [1.165, 1.54) is 64.7 Å². The van der Waals surface area contributed by atoms with E-state index in [0.717, 1.165) is 6.42 Å². The Balaban J connectivity index is 1.86. The largest absolute Gasteiger partial charge is 0.135 e. The van der Waals surface area contributed by atoms with Crippen LogP contribution in [0.25, 0.3) is 39.3 Å². The van der Waals surface area contributed by atoms with Crippen molar-refractivity contribution in [1.29, 1.82) is 0 Å². The molecule has 0 atom stereocenters. The molecule has 38 heavy (non-hydrogen) atoms. The van der Waals surface area contributed by atoms with Crippen LogP contribution in [-0.2, 0) is 10.8 Å². The molecule has 1 heteroatoms. The molecule has 4 aliphatic carbocycles. The highest BCUT2D eigenvalue weighted by atomic mass is 32.1. The van der Waals surface area contributed by atoms with Crippen molar-refractivity contribution in [3.8, 4) is 21.6 Å². The van der Waals surface area contributed by atoms with Gasteiger partial charge < -0.3 is 0 Å². The van der Waals surface area contributed by atoms with E-state index in [-0.39, 0.29) is 21.7 Å². The molecular weight excluding hydrogens is 476 g/mol. The van der Waals surface area contributed by atoms with Gasteiger partial charge in [-0.05, 0) is 85.3 Å². The zero-order valence-electron chi connectivity index (χ0n) is 25.7. The average molecular weight is 523 g/mol. The quantitative estimate of drug-likeness (QED) is 0.298. The standard InChI is InChI=1S/C37H46S/c1-34(2,3)22-13-16-24-25(17-14-22)29(36(7,8)9)20-27(24)33-28-21-30(37(10,11)12)26-18-15-23(35(4,5)6)19-31(38-33)32(26)28/h13-17,19-21H,18H2,1-12H3. The second-order valence-corrected chi connectivity index (χ2v) is 16.6. The van der Waals surface area contributed by atoms with Gasteiger partial charge in [-0.1, -0.05) is 113 Å². The van der Waals surface area contributed by atoms with Gasteiger partial charge in [0, 0.05) is 25.8 Å². The molecule has 0 nitrogen and oxygen atoms in total. The number of thiophene rings is 1. The first kappa shape index (κ1) is 27.2. The van der Waals surface area contributed by atoms with Crippen molar-refractivity contribution in [2.45, 2.75) is 100 Å². The van der Waals surface area contributed by atoms with Crippen molar-refractivity contribution in [3.63, 3.8) is 0 Å². The van der Waals surface area contributed by atoms with E-state index in [4.69, 9.17) is 0 Å². The lowest BCUT2D eigenvalue weighted by atomic mass is 9.81. The van der Waals surface area contributed by atoms with Gasteiger partial charge in [-0.15, -0.1) is 11.3 Å². The maximum Gasteiger partial charge on any atom is 0.0434 e. The summed E-state index contributed by atoms with van der Waals surface area (Å²) in [6.45, 7) is 28.1. The summed E-state index contributed by atoms with van der Waals surface area (Å²) in [6.07, 6.45) is 8.52. The van der Waals surface area contributed by atoms with Crippen LogP contribution in [0.1, 0.15) is 106 Å². The SMILES string of the molecule is CC(C)(C)C1=CCC2=c3c(c(-c4cc(C(C)(C)C)c5ccc(C(C)(C)C)ccc4-5)sc3=C1)C=C2C(C)(C)C. The number of hydrogen-bond donors (Lipinski definition) is 0. The lowest BCUT2D eigenvalue weighted by molar-refractivity contribution is 0.519. The number of rotatable bonds is 1. The summed E-state index contributed by atoms with van der Waals surface area (Å²) in [5.41, 5.74) is 13.3. The summed E-state index contributed by atoms with van der Waals surface area (Å²) in [5.74, 6) is 0. The van der Waals surface area contributed by atoms with Crippen molar-refractivity contribution < 1.29 is 0 Å². The topological polar surface area (TPSA) is 0 Å². The summed E-state index contributed by atoms with van der Waals surface area (Å²) in [6, 6.07) is 12.0. The molecule has 0 saturated heterocycles. The molecule has 200 valence electrons. The second kappa shape index (κ2) is 8.56. The first-order chi connectivity index (χ1) is 17.4. The van der Waals surface area contributed by atoms with Crippen LogP contribution in [0.5, 0.6) is 0 Å². The fourth-order valence-corrected chi connectivity index (χ4v) is 7.35. The third-order valence-corrected chi connectivity index (χ3v) is 9.50. The van der Waals surface area contributed by atoms with Crippen LogP contribution in [0.3, 0.4) is 0 Å². The van der Waals surface area contributed by atoms with E-state index in [1.54, 1.807) is 0 Å². The zero-order chi connectivity index (χ0) is 28.0. The number of allylic oxidation sites excluding steroid dienone is 3. The molecule has 0 spiro atoms. The van der Waals surface area contributed by atoms with Crippen LogP contribution in [-0.4, -0.2) is 0 Å². The molecule has 0 fully saturated rings. The van der Waals surface area contributed by atoms with Gasteiger partial charge in [0.05, 0.1) is 0 Å². The second-order valence-electron chi connectivity index (χ2n) is 15.5. The minimum absolute atomic E-state index is 0.0689. The lowest BCUT2D eigenvalue weighted by Crippen LogP contribution is -2.23. The van der Waals surface area contributed by atoms with Crippen LogP contribution in [0, 0.1) is 10.8 Å². The highest BCUT2D eigenvalue weighted by Crippen LogP contribution is 2.48. The Labute approximate surface area is 235 Å². The monoisotopic (exact) mass is 522 g/mol. The van der Waals surface area contributed by atoms with Crippen molar-refractivity contribution in [2.24, 2.45) is 10.8 Å². The Hall–Kier alpha value is -2.38. The van der Waals surface area contributed by atoms with Crippen LogP contribution < -0.4 is 9.75 Å². The normalized spacial score (nSPS) is 16.3. The van der Waals surface area contributed by atoms with Crippen LogP contribution >= 0.6 is 11.3 Å². The third-order valence-electron chi connectivity index (χ3n) is 8.31. The summed E-state index contributed by atoms with van der Waals surface area (Å²) in [5, 5.41) is 1.49. The van der Waals surface area contributed by atoms with Gasteiger partial charge in [0.1, 0.15) is 0 Å². The lowest BCUT2D eigenvalue weighted by Gasteiger charge is -2.24. The van der Waals surface area contributed by atoms with Gasteiger partial charge in [0.25, 0.3) is 0 Å². The van der Waals surface area contributed by atoms with Crippen molar-refractivity contribution in [2.75, 3.05) is 0 Å². The molecule has 1 heterocycles. The molecule has 0 bridgehead atoms. The molecule has 0 N–H and O–H groups in total. The Morgan fingerprint density at radius 1 is 0.632 bits per heavy atom. The highest BCUT2D eigenvalue weighted by Gasteiger charge is 2.32. The third kappa shape index (κ3) is 4.56. The molecule has 1 aromatic heterocycles. The van der Waals surface area contributed by atoms with Crippen molar-refractivity contribution >= 4 is 29.1 Å². The van der Waals surface area contributed by atoms with E-state index in [9.17, 15) is 0 Å². The molecular formula is C37H46S. The smallest absolute Gasteiger partial charge is 0.0434 e. The van der Waals surface area contributed by atoms with Crippen LogP contribution in [0.2, 0.25) is 0 Å². The van der Waals surface area contributed by atoms with E-state index in [2.05, 4.69) is 132 Å². The Bertz CT molecular complexity index is 1590. The fourth-order valence-electron chi connectivity index (χ4n) is 6.05. The van der Waals surface area contributed by atoms with Crippen molar-refractivity contribution in [1.82, 2.24) is 0 Å². The number of fused-ring (bicyclic) bond motifs is 1. The van der Waals surface area contributed by atoms with Gasteiger partial charge >= 0.3 is 0 Å². The summed E-state index contributed by atoms with van der Waals surface area (Å²) >= 11 is 2.00. The molecule has 1 aromatic rings. The molecule has 0 aromatic carbocycles. The first-order valence-electron chi connectivity index (χ1n) is 14.3. The molecule has 0 unspecified atom stereocenters. The van der Waals surface area contributed by atoms with E-state index >= 15 is 0 Å². The zero-order valence-corrected chi connectivity index (χ0v) is 26.6. The van der Waals surface area contributed by atoms with Gasteiger partial charge in [0.2, 0.25) is 0 Å². The Morgan fingerprint density at radius 2 is 1.26 bits per heavy atom. The minimum atomic E-state index is 0.0689. The van der Waals surface area contributed by atoms with Gasteiger partial charge in [-0.25, -0.2) is 0 Å². The molecule has 4 aliphatic rings. The van der Waals surface area contributed by atoms with Gasteiger partial charge in [-0.3, -0.25) is 0 Å². The first-order valence-corrected chi connectivity index (χ1v) is 15.1. The fraction of sp³-hybridized carbons (Fsp3) is 0.459. The van der Waals surface area contributed by atoms with Gasteiger partial charge in [-0.2, -0.15) is 0 Å². The highest BCUT2D eigenvalue weighted by molar-refractivity contribution is 7.14. The van der Waals surface area contributed by atoms with Gasteiger partial charge in [0.15, 0.2) is 0 Å². The van der Waals surface area contributed by atoms with Crippen LogP contribution in [0.4, 0.5) is 0 Å². The predicted octanol–water partition coefficient (Wildman–Crippen LogP) is 9.87. The van der Waals surface area contributed by atoms with Crippen molar-refractivity contribution in [3.05, 3.63) is 74.0 Å². The average Bonchev–Trinajstić information content (AvgIpc) is 3.29. The maximum atomic E-state index is 2.53. The molecule has 0 amide bonds. The van der Waals surface area contributed by atoms with Crippen LogP contribution in [0.15, 0.2) is 47.6 Å². The molecule has 5 rings (SSSR count). The maximum absolute atomic E-state index is 2.53. The minimum Gasteiger partial charge on any atom is -0.135 e. The predicted molar refractivity (Wildman–Crippen MR) is 170 cm³/mol. The summed E-state index contributed by atoms with van der Waals surface area (Å²) in [7, 11) is 0. The van der Waals surface area contributed by atoms with E-state index in [0.29, 0.717) is 0 Å². The molecule has 0 aliphatic heterocycles. The van der Waals surface area contributed by atoms with E-state index < -0.39 is 0 Å². The number of hydrogen-bond acceptors (Lipinski definition) is 1. The van der Waals surface area contributed by atoms with E-state index in [1.807, 2.05) is 11.3 Å². The summed E-state index contributed by atoms with van der Waals surface area (Å²) < 4.78 is 1.43. The Morgan fingerprint density at radius 3 is 1.82 bits per heavy atom. The molecule has 0 radical (unpaired) electrons. The summed E-state index contributed by atoms with van der Waals surface area (Å²) in [4.78, 5) is 1.43. The Kier molecular flexibility index (Phi) is 6.13.